The molecule has 7 heteroatoms. The molecule has 1 amide bonds. The molecule has 3 heterocycles. The van der Waals surface area contributed by atoms with E-state index in [1.807, 2.05) is 0 Å². The van der Waals surface area contributed by atoms with Gasteiger partial charge in [0, 0.05) is 44.6 Å². The summed E-state index contributed by atoms with van der Waals surface area (Å²) in [5, 5.41) is 3.09. The minimum atomic E-state index is -0.378. The van der Waals surface area contributed by atoms with Crippen LogP contribution in [0.2, 0.25) is 0 Å². The standard InChI is InChI=1S/C18H28N4O3/c1-3-4-13-10-22(14-5-7-25-8-6-14)11-16(13)21-18(24)15-9-19-12(2)20-17(15)23/h9,13-14,16H,3-8,10-11H2,1-2H3,(H,21,24)(H,19,20,23). The second-order valence-electron chi connectivity index (χ2n) is 7.14. The summed E-state index contributed by atoms with van der Waals surface area (Å²) in [5.74, 6) is 0.611. The Morgan fingerprint density at radius 2 is 2.16 bits per heavy atom. The molecule has 25 heavy (non-hydrogen) atoms. The highest BCUT2D eigenvalue weighted by atomic mass is 16.5. The van der Waals surface area contributed by atoms with Crippen molar-refractivity contribution in [1.29, 1.82) is 0 Å². The molecule has 3 rings (SSSR count). The highest BCUT2D eigenvalue weighted by molar-refractivity contribution is 5.93. The molecule has 2 fully saturated rings. The molecule has 1 aromatic heterocycles. The minimum Gasteiger partial charge on any atom is -0.381 e. The molecule has 0 bridgehead atoms. The summed E-state index contributed by atoms with van der Waals surface area (Å²) in [6.45, 7) is 7.36. The van der Waals surface area contributed by atoms with Crippen LogP contribution in [0.1, 0.15) is 48.8 Å². The number of carbonyl (C=O) groups excluding carboxylic acids is 1. The van der Waals surface area contributed by atoms with E-state index in [1.165, 1.54) is 6.20 Å². The Bertz CT molecular complexity index is 654. The van der Waals surface area contributed by atoms with E-state index in [9.17, 15) is 9.59 Å². The van der Waals surface area contributed by atoms with E-state index in [1.54, 1.807) is 6.92 Å². The number of aromatic amines is 1. The van der Waals surface area contributed by atoms with E-state index in [0.29, 0.717) is 17.8 Å². The Morgan fingerprint density at radius 1 is 1.40 bits per heavy atom. The molecule has 2 aliphatic heterocycles. The van der Waals surface area contributed by atoms with Gasteiger partial charge in [0.1, 0.15) is 11.4 Å². The van der Waals surface area contributed by atoms with Crippen molar-refractivity contribution in [2.75, 3.05) is 26.3 Å². The van der Waals surface area contributed by atoms with Crippen molar-refractivity contribution in [2.24, 2.45) is 5.92 Å². The molecule has 0 aliphatic carbocycles. The number of amides is 1. The average Bonchev–Trinajstić information content (AvgIpc) is 2.98. The average molecular weight is 348 g/mol. The van der Waals surface area contributed by atoms with Crippen molar-refractivity contribution >= 4 is 5.91 Å². The number of likely N-dealkylation sites (tertiary alicyclic amines) is 1. The molecule has 0 aromatic carbocycles. The van der Waals surface area contributed by atoms with Crippen molar-refractivity contribution in [1.82, 2.24) is 20.2 Å². The zero-order chi connectivity index (χ0) is 17.8. The largest absolute Gasteiger partial charge is 0.381 e. The fourth-order valence-corrected chi connectivity index (χ4v) is 3.97. The number of carbonyl (C=O) groups is 1. The number of rotatable bonds is 5. The summed E-state index contributed by atoms with van der Waals surface area (Å²) in [5.41, 5.74) is -0.290. The van der Waals surface area contributed by atoms with Gasteiger partial charge in [0.2, 0.25) is 0 Å². The van der Waals surface area contributed by atoms with Gasteiger partial charge >= 0.3 is 0 Å². The number of aromatic nitrogens is 2. The molecule has 2 atom stereocenters. The van der Waals surface area contributed by atoms with Crippen LogP contribution < -0.4 is 10.9 Å². The number of hydrogen-bond acceptors (Lipinski definition) is 5. The van der Waals surface area contributed by atoms with Crippen LogP contribution in [0.4, 0.5) is 0 Å². The van der Waals surface area contributed by atoms with Gasteiger partial charge in [-0.1, -0.05) is 13.3 Å². The smallest absolute Gasteiger partial charge is 0.263 e. The van der Waals surface area contributed by atoms with Crippen molar-refractivity contribution < 1.29 is 9.53 Å². The highest BCUT2D eigenvalue weighted by Gasteiger charge is 2.37. The number of aryl methyl sites for hydroxylation is 1. The lowest BCUT2D eigenvalue weighted by molar-refractivity contribution is 0.0405. The maximum Gasteiger partial charge on any atom is 0.263 e. The second-order valence-corrected chi connectivity index (χ2v) is 7.14. The Kier molecular flexibility index (Phi) is 5.86. The van der Waals surface area contributed by atoms with Crippen LogP contribution in [0.3, 0.4) is 0 Å². The van der Waals surface area contributed by atoms with Crippen LogP contribution in [-0.4, -0.2) is 59.2 Å². The van der Waals surface area contributed by atoms with Gasteiger partial charge in [-0.05, 0) is 32.1 Å². The predicted octanol–water partition coefficient (Wildman–Crippen LogP) is 1.09. The van der Waals surface area contributed by atoms with Gasteiger partial charge in [-0.15, -0.1) is 0 Å². The first-order chi connectivity index (χ1) is 12.1. The Balaban J connectivity index is 1.68. The van der Waals surface area contributed by atoms with E-state index in [4.69, 9.17) is 4.74 Å². The maximum absolute atomic E-state index is 12.6. The summed E-state index contributed by atoms with van der Waals surface area (Å²) < 4.78 is 5.46. The highest BCUT2D eigenvalue weighted by Crippen LogP contribution is 2.27. The van der Waals surface area contributed by atoms with E-state index in [2.05, 4.69) is 27.1 Å². The molecule has 0 radical (unpaired) electrons. The lowest BCUT2D eigenvalue weighted by Gasteiger charge is -2.31. The Labute approximate surface area is 148 Å². The van der Waals surface area contributed by atoms with Crippen LogP contribution in [0.5, 0.6) is 0 Å². The SMILES string of the molecule is CCCC1CN(C2CCOCC2)CC1NC(=O)c1cnc(C)[nH]c1=O. The molecule has 1 aromatic rings. The molecule has 2 N–H and O–H groups in total. The lowest BCUT2D eigenvalue weighted by atomic mass is 9.98. The first-order valence-electron chi connectivity index (χ1n) is 9.27. The first-order valence-corrected chi connectivity index (χ1v) is 9.27. The summed E-state index contributed by atoms with van der Waals surface area (Å²) in [4.78, 5) is 33.7. The summed E-state index contributed by atoms with van der Waals surface area (Å²) in [6.07, 6.45) is 5.64. The van der Waals surface area contributed by atoms with E-state index >= 15 is 0 Å². The van der Waals surface area contributed by atoms with Crippen molar-refractivity contribution in [3.63, 3.8) is 0 Å². The third-order valence-corrected chi connectivity index (χ3v) is 5.32. The van der Waals surface area contributed by atoms with Gasteiger partial charge in [-0.25, -0.2) is 4.98 Å². The van der Waals surface area contributed by atoms with Crippen molar-refractivity contribution in [2.45, 2.75) is 51.6 Å². The maximum atomic E-state index is 12.6. The van der Waals surface area contributed by atoms with Gasteiger partial charge in [0.05, 0.1) is 0 Å². The zero-order valence-electron chi connectivity index (χ0n) is 15.1. The van der Waals surface area contributed by atoms with Gasteiger partial charge < -0.3 is 15.0 Å². The quantitative estimate of drug-likeness (QED) is 0.832. The van der Waals surface area contributed by atoms with Crippen LogP contribution >= 0.6 is 0 Å². The normalized spacial score (nSPS) is 25.2. The molecule has 2 unspecified atom stereocenters. The Hall–Kier alpha value is -1.73. The van der Waals surface area contributed by atoms with Crippen LogP contribution in [0.25, 0.3) is 0 Å². The molecular formula is C18H28N4O3. The summed E-state index contributed by atoms with van der Waals surface area (Å²) >= 11 is 0. The van der Waals surface area contributed by atoms with Gasteiger partial charge in [0.25, 0.3) is 11.5 Å². The molecule has 0 spiro atoms. The summed E-state index contributed by atoms with van der Waals surface area (Å²) in [6, 6.07) is 0.621. The Morgan fingerprint density at radius 3 is 2.84 bits per heavy atom. The molecule has 7 nitrogen and oxygen atoms in total. The van der Waals surface area contributed by atoms with Gasteiger partial charge in [-0.3, -0.25) is 14.5 Å². The number of hydrogen-bond donors (Lipinski definition) is 2. The number of ether oxygens (including phenoxy) is 1. The number of nitrogens with one attached hydrogen (secondary N) is 2. The molecule has 2 saturated heterocycles. The lowest BCUT2D eigenvalue weighted by Crippen LogP contribution is -2.44. The van der Waals surface area contributed by atoms with Gasteiger partial charge in [-0.2, -0.15) is 0 Å². The van der Waals surface area contributed by atoms with E-state index in [0.717, 1.165) is 52.0 Å². The zero-order valence-corrected chi connectivity index (χ0v) is 15.1. The van der Waals surface area contributed by atoms with Crippen LogP contribution in [0.15, 0.2) is 11.0 Å². The van der Waals surface area contributed by atoms with E-state index in [-0.39, 0.29) is 23.1 Å². The van der Waals surface area contributed by atoms with Crippen LogP contribution in [-0.2, 0) is 4.74 Å². The molecule has 0 saturated carbocycles. The van der Waals surface area contributed by atoms with Gasteiger partial charge in [0.15, 0.2) is 0 Å². The van der Waals surface area contributed by atoms with Crippen molar-refractivity contribution in [3.8, 4) is 0 Å². The topological polar surface area (TPSA) is 87.3 Å². The minimum absolute atomic E-state index is 0.0796. The van der Waals surface area contributed by atoms with E-state index < -0.39 is 0 Å². The second kappa shape index (κ2) is 8.10. The van der Waals surface area contributed by atoms with Crippen LogP contribution in [0, 0.1) is 12.8 Å². The monoisotopic (exact) mass is 348 g/mol. The van der Waals surface area contributed by atoms with Crippen molar-refractivity contribution in [3.05, 3.63) is 27.9 Å². The fraction of sp³-hybridized carbons (Fsp3) is 0.722. The molecule has 138 valence electrons. The molecular weight excluding hydrogens is 320 g/mol. The summed E-state index contributed by atoms with van der Waals surface area (Å²) in [7, 11) is 0. The third kappa shape index (κ3) is 4.27. The first kappa shape index (κ1) is 18.1. The number of H-pyrrole nitrogens is 1. The molecule has 2 aliphatic rings. The fourth-order valence-electron chi connectivity index (χ4n) is 3.97. The third-order valence-electron chi connectivity index (χ3n) is 5.32. The number of nitrogens with zero attached hydrogens (tertiary/aromatic N) is 2. The predicted molar refractivity (Wildman–Crippen MR) is 94.7 cm³/mol.